The number of hydrogen-bond donors (Lipinski definition) is 1. The molecule has 1 N–H and O–H groups in total. The molecule has 1 aromatic heterocycles. The number of rotatable bonds is 10. The SMILES string of the molecule is N#Cc1ccc(Cn2cncc2CCNC(=O)C2CCCN(CC(c3ccccc3)N3CCCCC3)C2)cc1. The molecule has 204 valence electrons. The largest absolute Gasteiger partial charge is 0.355 e. The van der Waals surface area contributed by atoms with Crippen molar-refractivity contribution < 1.29 is 4.79 Å². The van der Waals surface area contributed by atoms with Gasteiger partial charge in [0, 0.05) is 50.5 Å². The van der Waals surface area contributed by atoms with E-state index < -0.39 is 0 Å². The summed E-state index contributed by atoms with van der Waals surface area (Å²) < 4.78 is 2.11. The molecular formula is C32H40N6O. The average Bonchev–Trinajstić information content (AvgIpc) is 3.44. The van der Waals surface area contributed by atoms with Crippen LogP contribution in [-0.2, 0) is 17.8 Å². The number of nitrogens with one attached hydrogen (secondary N) is 1. The second kappa shape index (κ2) is 13.5. The molecule has 0 aliphatic carbocycles. The summed E-state index contributed by atoms with van der Waals surface area (Å²) in [6.45, 7) is 6.52. The van der Waals surface area contributed by atoms with Crippen molar-refractivity contribution in [1.82, 2.24) is 24.7 Å². The molecule has 3 aromatic rings. The van der Waals surface area contributed by atoms with Gasteiger partial charge in [-0.1, -0.05) is 48.9 Å². The Morgan fingerprint density at radius 1 is 1.03 bits per heavy atom. The van der Waals surface area contributed by atoms with Gasteiger partial charge in [0.1, 0.15) is 0 Å². The summed E-state index contributed by atoms with van der Waals surface area (Å²) in [5.41, 5.74) is 4.27. The van der Waals surface area contributed by atoms with Gasteiger partial charge in [0.15, 0.2) is 0 Å². The third-order valence-corrected chi connectivity index (χ3v) is 8.24. The molecule has 1 amide bonds. The lowest BCUT2D eigenvalue weighted by Gasteiger charge is -2.40. The van der Waals surface area contributed by atoms with E-state index in [9.17, 15) is 4.79 Å². The maximum Gasteiger partial charge on any atom is 0.224 e. The number of likely N-dealkylation sites (tertiary alicyclic amines) is 2. The molecule has 0 bridgehead atoms. The van der Waals surface area contributed by atoms with Gasteiger partial charge in [0.25, 0.3) is 0 Å². The molecule has 2 saturated heterocycles. The summed E-state index contributed by atoms with van der Waals surface area (Å²) in [6.07, 6.45) is 10.4. The van der Waals surface area contributed by atoms with Crippen molar-refractivity contribution >= 4 is 5.91 Å². The molecule has 7 heteroatoms. The number of carbonyl (C=O) groups excluding carboxylic acids is 1. The third-order valence-electron chi connectivity index (χ3n) is 8.24. The molecule has 0 spiro atoms. The van der Waals surface area contributed by atoms with Gasteiger partial charge in [-0.3, -0.25) is 9.69 Å². The molecule has 5 rings (SSSR count). The molecule has 2 aromatic carbocycles. The first-order valence-corrected chi connectivity index (χ1v) is 14.5. The van der Waals surface area contributed by atoms with Gasteiger partial charge in [-0.2, -0.15) is 5.26 Å². The molecule has 2 aliphatic rings. The molecule has 39 heavy (non-hydrogen) atoms. The smallest absolute Gasteiger partial charge is 0.224 e. The van der Waals surface area contributed by atoms with Gasteiger partial charge in [-0.25, -0.2) is 4.98 Å². The molecule has 0 radical (unpaired) electrons. The minimum Gasteiger partial charge on any atom is -0.355 e. The minimum absolute atomic E-state index is 0.0417. The number of aromatic nitrogens is 2. The van der Waals surface area contributed by atoms with E-state index in [2.05, 4.69) is 61.1 Å². The third kappa shape index (κ3) is 7.35. The van der Waals surface area contributed by atoms with Gasteiger partial charge in [-0.05, 0) is 68.6 Å². The predicted molar refractivity (Wildman–Crippen MR) is 153 cm³/mol. The number of hydrogen-bond acceptors (Lipinski definition) is 5. The molecule has 2 unspecified atom stereocenters. The highest BCUT2D eigenvalue weighted by atomic mass is 16.1. The molecular weight excluding hydrogens is 484 g/mol. The number of carbonyl (C=O) groups is 1. The van der Waals surface area contributed by atoms with E-state index in [4.69, 9.17) is 5.26 Å². The van der Waals surface area contributed by atoms with E-state index in [-0.39, 0.29) is 11.8 Å². The maximum atomic E-state index is 13.2. The van der Waals surface area contributed by atoms with Crippen molar-refractivity contribution in [3.8, 4) is 6.07 Å². The zero-order valence-electron chi connectivity index (χ0n) is 22.8. The van der Waals surface area contributed by atoms with Gasteiger partial charge in [0.2, 0.25) is 5.91 Å². The highest BCUT2D eigenvalue weighted by Crippen LogP contribution is 2.27. The van der Waals surface area contributed by atoms with Gasteiger partial charge in [0.05, 0.1) is 23.9 Å². The number of amides is 1. The second-order valence-electron chi connectivity index (χ2n) is 11.0. The van der Waals surface area contributed by atoms with E-state index in [1.54, 1.807) is 0 Å². The number of nitriles is 1. The highest BCUT2D eigenvalue weighted by Gasteiger charge is 2.30. The normalized spacial score (nSPS) is 19.3. The van der Waals surface area contributed by atoms with Crippen molar-refractivity contribution in [1.29, 1.82) is 5.26 Å². The summed E-state index contributed by atoms with van der Waals surface area (Å²) in [4.78, 5) is 22.7. The maximum absolute atomic E-state index is 13.2. The summed E-state index contributed by atoms with van der Waals surface area (Å²) >= 11 is 0. The Labute approximate surface area is 232 Å². The Morgan fingerprint density at radius 3 is 2.59 bits per heavy atom. The van der Waals surface area contributed by atoms with Crippen LogP contribution >= 0.6 is 0 Å². The van der Waals surface area contributed by atoms with Crippen LogP contribution in [0.4, 0.5) is 0 Å². The van der Waals surface area contributed by atoms with Crippen LogP contribution in [0.5, 0.6) is 0 Å². The average molecular weight is 525 g/mol. The Kier molecular flexibility index (Phi) is 9.42. The van der Waals surface area contributed by atoms with Crippen LogP contribution in [-0.4, -0.2) is 64.5 Å². The van der Waals surface area contributed by atoms with Crippen LogP contribution in [0.25, 0.3) is 0 Å². The van der Waals surface area contributed by atoms with Crippen LogP contribution in [0, 0.1) is 17.2 Å². The Bertz CT molecular complexity index is 1230. The van der Waals surface area contributed by atoms with Crippen LogP contribution in [0.15, 0.2) is 67.1 Å². The standard InChI is InChI=1S/C32H40N6O/c33-20-26-11-13-27(14-12-26)22-38-25-34-21-30(38)15-16-35-32(39)29-10-7-17-36(23-29)24-31(28-8-3-1-4-9-28)37-18-5-2-6-19-37/h1,3-4,8-9,11-14,21,25,29,31H,2,5-7,10,15-19,22-24H2,(H,35,39). The van der Waals surface area contributed by atoms with E-state index >= 15 is 0 Å². The van der Waals surface area contributed by atoms with Crippen LogP contribution in [0.3, 0.4) is 0 Å². The van der Waals surface area contributed by atoms with Gasteiger partial charge >= 0.3 is 0 Å². The van der Waals surface area contributed by atoms with Crippen LogP contribution in [0.2, 0.25) is 0 Å². The first-order chi connectivity index (χ1) is 19.2. The molecule has 2 aliphatic heterocycles. The Balaban J connectivity index is 1.13. The first-order valence-electron chi connectivity index (χ1n) is 14.5. The summed E-state index contributed by atoms with van der Waals surface area (Å²) in [5.74, 6) is 0.215. The van der Waals surface area contributed by atoms with Gasteiger partial charge < -0.3 is 14.8 Å². The van der Waals surface area contributed by atoms with Crippen molar-refractivity contribution in [2.75, 3.05) is 39.3 Å². The zero-order valence-corrected chi connectivity index (χ0v) is 22.8. The molecule has 7 nitrogen and oxygen atoms in total. The molecule has 0 saturated carbocycles. The van der Waals surface area contributed by atoms with Crippen molar-refractivity contribution in [3.05, 3.63) is 89.5 Å². The topological polar surface area (TPSA) is 77.2 Å². The Hall–Kier alpha value is -3.47. The molecule has 2 atom stereocenters. The fraction of sp³-hybridized carbons (Fsp3) is 0.469. The van der Waals surface area contributed by atoms with Crippen molar-refractivity contribution in [2.45, 2.75) is 51.1 Å². The Morgan fingerprint density at radius 2 is 1.82 bits per heavy atom. The van der Waals surface area contributed by atoms with E-state index in [0.717, 1.165) is 50.2 Å². The van der Waals surface area contributed by atoms with Crippen LogP contribution < -0.4 is 5.32 Å². The fourth-order valence-corrected chi connectivity index (χ4v) is 6.06. The summed E-state index contributed by atoms with van der Waals surface area (Å²) in [5, 5.41) is 12.2. The molecule has 2 fully saturated rings. The van der Waals surface area contributed by atoms with E-state index in [0.29, 0.717) is 24.7 Å². The quantitative estimate of drug-likeness (QED) is 0.425. The van der Waals surface area contributed by atoms with E-state index in [1.165, 1.54) is 37.9 Å². The van der Waals surface area contributed by atoms with Crippen LogP contribution in [0.1, 0.15) is 60.5 Å². The number of imidazole rings is 1. The fourth-order valence-electron chi connectivity index (χ4n) is 6.06. The summed E-state index contributed by atoms with van der Waals surface area (Å²) in [6, 6.07) is 21.1. The van der Waals surface area contributed by atoms with Crippen molar-refractivity contribution in [2.24, 2.45) is 5.92 Å². The van der Waals surface area contributed by atoms with Gasteiger partial charge in [-0.15, -0.1) is 0 Å². The lowest BCUT2D eigenvalue weighted by molar-refractivity contribution is -0.126. The lowest BCUT2D eigenvalue weighted by Crippen LogP contribution is -2.47. The van der Waals surface area contributed by atoms with E-state index in [1.807, 2.05) is 36.8 Å². The first kappa shape index (κ1) is 27.1. The number of nitrogens with zero attached hydrogens (tertiary/aromatic N) is 5. The zero-order chi connectivity index (χ0) is 26.9. The number of piperidine rings is 2. The lowest BCUT2D eigenvalue weighted by atomic mass is 9.95. The predicted octanol–water partition coefficient (Wildman–Crippen LogP) is 4.40. The minimum atomic E-state index is 0.0417. The number of benzene rings is 2. The highest BCUT2D eigenvalue weighted by molar-refractivity contribution is 5.79. The molecule has 3 heterocycles. The summed E-state index contributed by atoms with van der Waals surface area (Å²) in [7, 11) is 0. The second-order valence-corrected chi connectivity index (χ2v) is 11.0. The van der Waals surface area contributed by atoms with Crippen molar-refractivity contribution in [3.63, 3.8) is 0 Å². The monoisotopic (exact) mass is 524 g/mol.